The van der Waals surface area contributed by atoms with Crippen molar-refractivity contribution in [3.63, 3.8) is 0 Å². The largest absolute Gasteiger partial charge is 0.387 e. The van der Waals surface area contributed by atoms with E-state index in [1.54, 1.807) is 10.8 Å². The minimum atomic E-state index is -0.524. The van der Waals surface area contributed by atoms with Crippen LogP contribution < -0.4 is 5.69 Å². The van der Waals surface area contributed by atoms with Crippen molar-refractivity contribution < 1.29 is 5.11 Å². The number of aromatic amines is 1. The van der Waals surface area contributed by atoms with Crippen molar-refractivity contribution >= 4 is 11.8 Å². The highest BCUT2D eigenvalue weighted by molar-refractivity contribution is 7.99. The molecule has 20 heavy (non-hydrogen) atoms. The zero-order chi connectivity index (χ0) is 14.1. The summed E-state index contributed by atoms with van der Waals surface area (Å²) in [5.41, 5.74) is 0.513. The fraction of sp³-hybridized carbons (Fsp3) is 0.462. The number of hydrogen-bond donors (Lipinski definition) is 2. The summed E-state index contributed by atoms with van der Waals surface area (Å²) in [4.78, 5) is 16.8. The van der Waals surface area contributed by atoms with Crippen LogP contribution in [0.5, 0.6) is 0 Å². The van der Waals surface area contributed by atoms with Crippen LogP contribution in [0.25, 0.3) is 0 Å². The standard InChI is InChI=1S/C13H16N4O2S/c1-2-11(18)10-6-5-9(7-14-10)20-13-16-15-12(19)17(13)8-3-4-8/h5-8,11,18H,2-4H2,1H3,(H,15,19)/t11-/m0/s1. The van der Waals surface area contributed by atoms with E-state index in [4.69, 9.17) is 0 Å². The predicted molar refractivity (Wildman–Crippen MR) is 74.7 cm³/mol. The third-order valence-corrected chi connectivity index (χ3v) is 4.23. The zero-order valence-electron chi connectivity index (χ0n) is 11.1. The van der Waals surface area contributed by atoms with E-state index in [2.05, 4.69) is 15.2 Å². The molecule has 106 valence electrons. The molecule has 0 amide bonds. The smallest absolute Gasteiger partial charge is 0.344 e. The summed E-state index contributed by atoms with van der Waals surface area (Å²) in [6.45, 7) is 1.91. The normalized spacial score (nSPS) is 16.3. The van der Waals surface area contributed by atoms with Gasteiger partial charge in [-0.25, -0.2) is 9.89 Å². The number of aliphatic hydroxyl groups excluding tert-OH is 1. The number of H-pyrrole nitrogens is 1. The molecule has 2 N–H and O–H groups in total. The molecule has 0 saturated heterocycles. The third kappa shape index (κ3) is 2.64. The summed E-state index contributed by atoms with van der Waals surface area (Å²) in [5, 5.41) is 16.9. The quantitative estimate of drug-likeness (QED) is 0.879. The highest BCUT2D eigenvalue weighted by Gasteiger charge is 2.28. The first-order valence-electron chi connectivity index (χ1n) is 6.67. The lowest BCUT2D eigenvalue weighted by Crippen LogP contribution is -2.15. The van der Waals surface area contributed by atoms with Crippen LogP contribution in [-0.4, -0.2) is 24.9 Å². The molecule has 2 aromatic rings. The van der Waals surface area contributed by atoms with Gasteiger partial charge in [0.15, 0.2) is 5.16 Å². The van der Waals surface area contributed by atoms with Gasteiger partial charge in [0, 0.05) is 17.1 Å². The second-order valence-electron chi connectivity index (χ2n) is 4.86. The summed E-state index contributed by atoms with van der Waals surface area (Å²) in [7, 11) is 0. The lowest BCUT2D eigenvalue weighted by Gasteiger charge is -2.07. The number of rotatable bonds is 5. The van der Waals surface area contributed by atoms with E-state index in [9.17, 15) is 9.90 Å². The maximum atomic E-state index is 11.7. The van der Waals surface area contributed by atoms with Gasteiger partial charge < -0.3 is 5.11 Å². The van der Waals surface area contributed by atoms with E-state index >= 15 is 0 Å². The van der Waals surface area contributed by atoms with Gasteiger partial charge in [0.05, 0.1) is 11.8 Å². The Kier molecular flexibility index (Phi) is 3.62. The summed E-state index contributed by atoms with van der Waals surface area (Å²) in [6, 6.07) is 3.99. The van der Waals surface area contributed by atoms with Gasteiger partial charge >= 0.3 is 5.69 Å². The molecule has 0 radical (unpaired) electrons. The van der Waals surface area contributed by atoms with Gasteiger partial charge in [0.1, 0.15) is 0 Å². The van der Waals surface area contributed by atoms with Crippen molar-refractivity contribution in [1.82, 2.24) is 19.7 Å². The monoisotopic (exact) mass is 292 g/mol. The van der Waals surface area contributed by atoms with Crippen molar-refractivity contribution in [3.05, 3.63) is 34.5 Å². The second kappa shape index (κ2) is 5.41. The first-order valence-corrected chi connectivity index (χ1v) is 7.49. The van der Waals surface area contributed by atoms with Gasteiger partial charge in [0.2, 0.25) is 0 Å². The van der Waals surface area contributed by atoms with E-state index in [1.165, 1.54) is 11.8 Å². The highest BCUT2D eigenvalue weighted by Crippen LogP contribution is 2.37. The molecule has 0 unspecified atom stereocenters. The molecule has 1 fully saturated rings. The van der Waals surface area contributed by atoms with Crippen molar-refractivity contribution in [2.45, 2.75) is 48.4 Å². The molecule has 1 atom stereocenters. The molecular formula is C13H16N4O2S. The second-order valence-corrected chi connectivity index (χ2v) is 5.90. The van der Waals surface area contributed by atoms with Crippen LogP contribution in [0.1, 0.15) is 44.0 Å². The fourth-order valence-corrected chi connectivity index (χ4v) is 2.85. The maximum Gasteiger partial charge on any atom is 0.344 e. The van der Waals surface area contributed by atoms with Crippen LogP contribution in [0.4, 0.5) is 0 Å². The number of aromatic nitrogens is 4. The first kappa shape index (κ1) is 13.4. The Morgan fingerprint density at radius 1 is 1.55 bits per heavy atom. The summed E-state index contributed by atoms with van der Waals surface area (Å²) < 4.78 is 1.71. The molecule has 0 aliphatic heterocycles. The van der Waals surface area contributed by atoms with E-state index in [0.29, 0.717) is 17.3 Å². The predicted octanol–water partition coefficient (Wildman–Crippen LogP) is 1.90. The molecule has 1 aliphatic rings. The minimum Gasteiger partial charge on any atom is -0.387 e. The Hall–Kier alpha value is -1.60. The van der Waals surface area contributed by atoms with Crippen LogP contribution in [0, 0.1) is 0 Å². The van der Waals surface area contributed by atoms with Gasteiger partial charge in [-0.2, -0.15) is 0 Å². The minimum absolute atomic E-state index is 0.152. The molecule has 0 spiro atoms. The van der Waals surface area contributed by atoms with Gasteiger partial charge in [-0.15, -0.1) is 5.10 Å². The fourth-order valence-electron chi connectivity index (χ4n) is 1.98. The Morgan fingerprint density at radius 3 is 2.95 bits per heavy atom. The molecule has 2 heterocycles. The van der Waals surface area contributed by atoms with Crippen LogP contribution in [-0.2, 0) is 0 Å². The molecule has 0 bridgehead atoms. The van der Waals surface area contributed by atoms with Crippen LogP contribution >= 0.6 is 11.8 Å². The van der Waals surface area contributed by atoms with E-state index in [-0.39, 0.29) is 11.7 Å². The molecule has 0 aromatic carbocycles. The number of hydrogen-bond acceptors (Lipinski definition) is 5. The molecule has 2 aromatic heterocycles. The van der Waals surface area contributed by atoms with Gasteiger partial charge in [0.25, 0.3) is 0 Å². The van der Waals surface area contributed by atoms with Crippen molar-refractivity contribution in [2.24, 2.45) is 0 Å². The molecule has 7 heteroatoms. The highest BCUT2D eigenvalue weighted by atomic mass is 32.2. The topological polar surface area (TPSA) is 83.8 Å². The van der Waals surface area contributed by atoms with E-state index < -0.39 is 6.10 Å². The Morgan fingerprint density at radius 2 is 2.35 bits per heavy atom. The van der Waals surface area contributed by atoms with E-state index in [0.717, 1.165) is 17.7 Å². The van der Waals surface area contributed by atoms with E-state index in [1.807, 2.05) is 19.1 Å². The average molecular weight is 292 g/mol. The third-order valence-electron chi connectivity index (χ3n) is 3.28. The Bertz CT molecular complexity index is 645. The van der Waals surface area contributed by atoms with Crippen molar-refractivity contribution in [3.8, 4) is 0 Å². The SMILES string of the molecule is CC[C@H](O)c1ccc(Sc2n[nH]c(=O)n2C2CC2)cn1. The Balaban J connectivity index is 1.79. The Labute approximate surface area is 120 Å². The van der Waals surface area contributed by atoms with Gasteiger partial charge in [-0.05, 0) is 43.2 Å². The number of nitrogens with zero attached hydrogens (tertiary/aromatic N) is 3. The molecule has 1 aliphatic carbocycles. The van der Waals surface area contributed by atoms with Gasteiger partial charge in [-0.1, -0.05) is 6.92 Å². The summed E-state index contributed by atoms with van der Waals surface area (Å²) >= 11 is 1.41. The van der Waals surface area contributed by atoms with Gasteiger partial charge in [-0.3, -0.25) is 9.55 Å². The first-order chi connectivity index (χ1) is 9.69. The maximum absolute atomic E-state index is 11.7. The average Bonchev–Trinajstić information content (AvgIpc) is 3.24. The molecule has 6 nitrogen and oxygen atoms in total. The molecular weight excluding hydrogens is 276 g/mol. The van der Waals surface area contributed by atoms with Crippen molar-refractivity contribution in [2.75, 3.05) is 0 Å². The number of pyridine rings is 1. The summed E-state index contributed by atoms with van der Waals surface area (Å²) in [6.07, 6.45) is 3.89. The number of aliphatic hydroxyl groups is 1. The molecule has 1 saturated carbocycles. The molecule has 3 rings (SSSR count). The van der Waals surface area contributed by atoms with Crippen LogP contribution in [0.15, 0.2) is 33.2 Å². The lowest BCUT2D eigenvalue weighted by atomic mass is 10.2. The lowest BCUT2D eigenvalue weighted by molar-refractivity contribution is 0.169. The summed E-state index contributed by atoms with van der Waals surface area (Å²) in [5.74, 6) is 0. The number of nitrogens with one attached hydrogen (secondary N) is 1. The zero-order valence-corrected chi connectivity index (χ0v) is 11.9. The van der Waals surface area contributed by atoms with Crippen molar-refractivity contribution in [1.29, 1.82) is 0 Å². The van der Waals surface area contributed by atoms with Crippen LogP contribution in [0.2, 0.25) is 0 Å². The van der Waals surface area contributed by atoms with Crippen LogP contribution in [0.3, 0.4) is 0 Å².